The van der Waals surface area contributed by atoms with Crippen LogP contribution in [-0.2, 0) is 25.5 Å². The third-order valence-corrected chi connectivity index (χ3v) is 5.93. The maximum atomic E-state index is 13.5. The van der Waals surface area contributed by atoms with E-state index in [4.69, 9.17) is 9.47 Å². The summed E-state index contributed by atoms with van der Waals surface area (Å²) in [6.45, 7) is 5.74. The number of amides is 2. The van der Waals surface area contributed by atoms with E-state index in [2.05, 4.69) is 17.2 Å². The molecule has 2 aliphatic heterocycles. The van der Waals surface area contributed by atoms with Crippen LogP contribution in [0.15, 0.2) is 30.5 Å². The van der Waals surface area contributed by atoms with Gasteiger partial charge in [-0.2, -0.15) is 0 Å². The Bertz CT molecular complexity index is 887. The van der Waals surface area contributed by atoms with Crippen LogP contribution in [0, 0.1) is 0 Å². The van der Waals surface area contributed by atoms with E-state index in [9.17, 15) is 9.59 Å². The Morgan fingerprint density at radius 2 is 2.21 bits per heavy atom. The van der Waals surface area contributed by atoms with Crippen molar-refractivity contribution in [1.82, 2.24) is 15.2 Å². The quantitative estimate of drug-likeness (QED) is 0.806. The zero-order valence-corrected chi connectivity index (χ0v) is 17.1. The fraction of sp³-hybridized carbons (Fsp3) is 0.545. The number of benzene rings is 1. The van der Waals surface area contributed by atoms with E-state index >= 15 is 0 Å². The van der Waals surface area contributed by atoms with Crippen LogP contribution in [0.2, 0.25) is 0 Å². The highest BCUT2D eigenvalue weighted by Crippen LogP contribution is 2.31. The lowest BCUT2D eigenvalue weighted by Gasteiger charge is -2.44. The van der Waals surface area contributed by atoms with Crippen molar-refractivity contribution in [1.29, 1.82) is 0 Å². The van der Waals surface area contributed by atoms with Crippen molar-refractivity contribution in [3.63, 3.8) is 0 Å². The maximum Gasteiger partial charge on any atom is 0.245 e. The van der Waals surface area contributed by atoms with Crippen LogP contribution < -0.4 is 5.32 Å². The Labute approximate surface area is 170 Å². The molecule has 7 heteroatoms. The molecule has 7 nitrogen and oxygen atoms in total. The molecular formula is C22H29N3O4. The summed E-state index contributed by atoms with van der Waals surface area (Å²) in [5, 5.41) is 3.95. The number of nitrogens with zero attached hydrogens (tertiary/aromatic N) is 1. The van der Waals surface area contributed by atoms with Crippen molar-refractivity contribution in [2.24, 2.45) is 0 Å². The second kappa shape index (κ2) is 8.16. The summed E-state index contributed by atoms with van der Waals surface area (Å²) in [6.07, 6.45) is 3.98. The van der Waals surface area contributed by atoms with Gasteiger partial charge in [0, 0.05) is 50.0 Å². The molecule has 0 radical (unpaired) electrons. The SMILES string of the molecule is CC[C@@H]1CN(C(=O)[C@H](Cc2c[nH]c3ccccc23)NC(C)=O)C[C@@]2(CCOC2)O1. The largest absolute Gasteiger partial charge is 0.378 e. The number of hydrogen-bond donors (Lipinski definition) is 2. The summed E-state index contributed by atoms with van der Waals surface area (Å²) in [7, 11) is 0. The number of aromatic nitrogens is 1. The summed E-state index contributed by atoms with van der Waals surface area (Å²) >= 11 is 0. The second-order valence-electron chi connectivity index (χ2n) is 8.17. The number of H-pyrrole nitrogens is 1. The number of carbonyl (C=O) groups excluding carboxylic acids is 2. The van der Waals surface area contributed by atoms with Crippen LogP contribution in [0.3, 0.4) is 0 Å². The van der Waals surface area contributed by atoms with Gasteiger partial charge in [0.25, 0.3) is 0 Å². The molecule has 1 spiro atoms. The predicted molar refractivity (Wildman–Crippen MR) is 110 cm³/mol. The van der Waals surface area contributed by atoms with E-state index < -0.39 is 11.6 Å². The topological polar surface area (TPSA) is 83.7 Å². The number of hydrogen-bond acceptors (Lipinski definition) is 4. The van der Waals surface area contributed by atoms with Crippen LogP contribution in [0.5, 0.6) is 0 Å². The van der Waals surface area contributed by atoms with Gasteiger partial charge in [0.05, 0.1) is 19.3 Å². The predicted octanol–water partition coefficient (Wildman–Crippen LogP) is 2.01. The highest BCUT2D eigenvalue weighted by atomic mass is 16.6. The molecule has 3 heterocycles. The number of ether oxygens (including phenoxy) is 2. The number of para-hydroxylation sites is 1. The molecular weight excluding hydrogens is 370 g/mol. The Morgan fingerprint density at radius 1 is 1.38 bits per heavy atom. The Balaban J connectivity index is 1.57. The Hall–Kier alpha value is -2.38. The summed E-state index contributed by atoms with van der Waals surface area (Å²) < 4.78 is 11.9. The fourth-order valence-corrected chi connectivity index (χ4v) is 4.46. The summed E-state index contributed by atoms with van der Waals surface area (Å²) in [5.74, 6) is -0.263. The van der Waals surface area contributed by atoms with E-state index in [0.717, 1.165) is 29.3 Å². The average molecular weight is 399 g/mol. The molecule has 0 aliphatic carbocycles. The van der Waals surface area contributed by atoms with E-state index in [-0.39, 0.29) is 17.9 Å². The second-order valence-corrected chi connectivity index (χ2v) is 8.17. The number of fused-ring (bicyclic) bond motifs is 1. The molecule has 3 atom stereocenters. The zero-order valence-electron chi connectivity index (χ0n) is 17.1. The number of aromatic amines is 1. The van der Waals surface area contributed by atoms with Crippen LogP contribution in [0.4, 0.5) is 0 Å². The van der Waals surface area contributed by atoms with E-state index in [1.54, 1.807) is 0 Å². The minimum Gasteiger partial charge on any atom is -0.378 e. The lowest BCUT2D eigenvalue weighted by atomic mass is 9.96. The van der Waals surface area contributed by atoms with Gasteiger partial charge in [-0.15, -0.1) is 0 Å². The molecule has 1 aromatic carbocycles. The number of carbonyl (C=O) groups is 2. The van der Waals surface area contributed by atoms with Crippen molar-refractivity contribution in [3.05, 3.63) is 36.0 Å². The van der Waals surface area contributed by atoms with E-state index in [1.165, 1.54) is 6.92 Å². The molecule has 2 amide bonds. The summed E-state index contributed by atoms with van der Waals surface area (Å²) in [6, 6.07) is 7.38. The lowest BCUT2D eigenvalue weighted by Crippen LogP contribution is -2.61. The van der Waals surface area contributed by atoms with Gasteiger partial charge < -0.3 is 24.7 Å². The molecule has 2 saturated heterocycles. The van der Waals surface area contributed by atoms with Gasteiger partial charge in [0.15, 0.2) is 0 Å². The van der Waals surface area contributed by atoms with Gasteiger partial charge >= 0.3 is 0 Å². The normalized spacial score (nSPS) is 25.4. The minimum atomic E-state index is -0.610. The molecule has 4 rings (SSSR count). The van der Waals surface area contributed by atoms with Gasteiger partial charge in [-0.25, -0.2) is 0 Å². The monoisotopic (exact) mass is 399 g/mol. The van der Waals surface area contributed by atoms with Gasteiger partial charge in [-0.05, 0) is 18.1 Å². The van der Waals surface area contributed by atoms with Crippen LogP contribution in [-0.4, -0.2) is 65.7 Å². The molecule has 2 aliphatic rings. The molecule has 2 fully saturated rings. The molecule has 2 aromatic rings. The third-order valence-electron chi connectivity index (χ3n) is 5.93. The van der Waals surface area contributed by atoms with Crippen molar-refractivity contribution in [2.75, 3.05) is 26.3 Å². The van der Waals surface area contributed by atoms with Gasteiger partial charge in [0.2, 0.25) is 11.8 Å². The van der Waals surface area contributed by atoms with Gasteiger partial charge in [-0.1, -0.05) is 25.1 Å². The first kappa shape index (κ1) is 19.9. The van der Waals surface area contributed by atoms with Gasteiger partial charge in [0.1, 0.15) is 11.6 Å². The van der Waals surface area contributed by atoms with Gasteiger partial charge in [-0.3, -0.25) is 9.59 Å². The molecule has 0 saturated carbocycles. The first-order chi connectivity index (χ1) is 14.0. The fourth-order valence-electron chi connectivity index (χ4n) is 4.46. The molecule has 2 N–H and O–H groups in total. The minimum absolute atomic E-state index is 0.0135. The average Bonchev–Trinajstić information content (AvgIpc) is 3.33. The van der Waals surface area contributed by atoms with E-state index in [1.807, 2.05) is 35.4 Å². The van der Waals surface area contributed by atoms with Crippen LogP contribution in [0.1, 0.15) is 32.3 Å². The molecule has 156 valence electrons. The van der Waals surface area contributed by atoms with Crippen LogP contribution >= 0.6 is 0 Å². The number of morpholine rings is 1. The van der Waals surface area contributed by atoms with Crippen molar-refractivity contribution < 1.29 is 19.1 Å². The lowest BCUT2D eigenvalue weighted by molar-refractivity contribution is -0.171. The number of rotatable bonds is 5. The smallest absolute Gasteiger partial charge is 0.245 e. The highest BCUT2D eigenvalue weighted by molar-refractivity contribution is 5.89. The Kier molecular flexibility index (Phi) is 5.61. The molecule has 0 unspecified atom stereocenters. The standard InChI is InChI=1S/C22H29N3O4/c1-3-17-12-25(13-22(29-17)8-9-28-14-22)21(27)20(24-15(2)26)10-16-11-23-19-7-5-4-6-18(16)19/h4-7,11,17,20,23H,3,8-10,12-14H2,1-2H3,(H,24,26)/t17-,20+,22-/m1/s1. The van der Waals surface area contributed by atoms with Crippen molar-refractivity contribution >= 4 is 22.7 Å². The van der Waals surface area contributed by atoms with Crippen LogP contribution in [0.25, 0.3) is 10.9 Å². The molecule has 29 heavy (non-hydrogen) atoms. The molecule has 0 bridgehead atoms. The summed E-state index contributed by atoms with van der Waals surface area (Å²) in [5.41, 5.74) is 1.62. The summed E-state index contributed by atoms with van der Waals surface area (Å²) in [4.78, 5) is 30.5. The highest BCUT2D eigenvalue weighted by Gasteiger charge is 2.45. The maximum absolute atomic E-state index is 13.5. The van der Waals surface area contributed by atoms with Crippen molar-refractivity contribution in [3.8, 4) is 0 Å². The zero-order chi connectivity index (χ0) is 20.4. The first-order valence-electron chi connectivity index (χ1n) is 10.4. The molecule has 1 aromatic heterocycles. The third kappa shape index (κ3) is 4.16. The Morgan fingerprint density at radius 3 is 2.93 bits per heavy atom. The number of nitrogens with one attached hydrogen (secondary N) is 2. The van der Waals surface area contributed by atoms with Crippen molar-refractivity contribution in [2.45, 2.75) is 50.9 Å². The van der Waals surface area contributed by atoms with E-state index in [0.29, 0.717) is 32.7 Å². The first-order valence-corrected chi connectivity index (χ1v) is 10.4.